The topological polar surface area (TPSA) is 33.0 Å². The summed E-state index contributed by atoms with van der Waals surface area (Å²) in [6.45, 7) is 0. The highest BCUT2D eigenvalue weighted by Crippen LogP contribution is 2.39. The lowest BCUT2D eigenvalue weighted by Crippen LogP contribution is -1.92. The molecule has 0 N–H and O–H groups in total. The molecule has 8 heteroatoms. The van der Waals surface area contributed by atoms with E-state index in [0.29, 0.717) is 0 Å². The first-order valence-corrected chi connectivity index (χ1v) is 7.35. The Labute approximate surface area is 138 Å². The third-order valence-electron chi connectivity index (χ3n) is 2.46. The largest absolute Gasteiger partial charge is 0.456 e. The monoisotopic (exact) mass is 363 g/mol. The number of nitrogens with zero attached hydrogens (tertiary/aromatic N) is 1. The van der Waals surface area contributed by atoms with Gasteiger partial charge in [-0.2, -0.15) is 14.0 Å². The molecule has 0 atom stereocenters. The van der Waals surface area contributed by atoms with Gasteiger partial charge in [0.25, 0.3) is 5.76 Å². The van der Waals surface area contributed by atoms with Gasteiger partial charge in [0.15, 0.2) is 0 Å². The number of hydrogen-bond donors (Lipinski definition) is 0. The van der Waals surface area contributed by atoms with Crippen molar-refractivity contribution in [2.75, 3.05) is 0 Å². The molecule has 2 rings (SSSR count). The summed E-state index contributed by atoms with van der Waals surface area (Å²) in [5.41, 5.74) is -0.132. The quantitative estimate of drug-likeness (QED) is 0.614. The van der Waals surface area contributed by atoms with E-state index in [-0.39, 0.29) is 43.8 Å². The van der Waals surface area contributed by atoms with Crippen LogP contribution >= 0.6 is 35.0 Å². The number of ether oxygens (including phenoxy) is 1. The lowest BCUT2D eigenvalue weighted by atomic mass is 10.2. The molecule has 0 aromatic heterocycles. The van der Waals surface area contributed by atoms with Gasteiger partial charge < -0.3 is 4.74 Å². The number of alkyl halides is 2. The third kappa shape index (κ3) is 4.01. The van der Waals surface area contributed by atoms with E-state index in [9.17, 15) is 13.2 Å². The molecule has 2 nitrogen and oxygen atoms in total. The smallest absolute Gasteiger partial charge is 0.288 e. The van der Waals surface area contributed by atoms with Gasteiger partial charge in [-0.05, 0) is 24.3 Å². The summed E-state index contributed by atoms with van der Waals surface area (Å²) in [4.78, 5) is 0.0344. The molecule has 0 heterocycles. The highest BCUT2D eigenvalue weighted by atomic mass is 35.5. The second-order valence-electron chi connectivity index (χ2n) is 3.95. The van der Waals surface area contributed by atoms with Gasteiger partial charge in [-0.15, -0.1) is 0 Å². The zero-order chi connectivity index (χ0) is 16.3. The van der Waals surface area contributed by atoms with E-state index in [4.69, 9.17) is 33.2 Å². The first-order chi connectivity index (χ1) is 10.4. The normalized spacial score (nSPS) is 10.6. The Morgan fingerprint density at radius 2 is 1.91 bits per heavy atom. The van der Waals surface area contributed by atoms with E-state index < -0.39 is 11.6 Å². The lowest BCUT2D eigenvalue weighted by Gasteiger charge is -2.11. The summed E-state index contributed by atoms with van der Waals surface area (Å²) >= 11 is 11.9. The minimum Gasteiger partial charge on any atom is -0.456 e. The van der Waals surface area contributed by atoms with Crippen molar-refractivity contribution in [3.63, 3.8) is 0 Å². The van der Waals surface area contributed by atoms with Gasteiger partial charge in [0.05, 0.1) is 5.56 Å². The van der Waals surface area contributed by atoms with E-state index >= 15 is 0 Å². The average Bonchev–Trinajstić information content (AvgIpc) is 2.40. The van der Waals surface area contributed by atoms with Crippen LogP contribution in [0.15, 0.2) is 35.2 Å². The van der Waals surface area contributed by atoms with Crippen molar-refractivity contribution in [1.29, 1.82) is 5.26 Å². The molecule has 0 aliphatic heterocycles. The standard InChI is InChI=1S/C14H6Cl2F3NOS/c15-7-3-8(17)5-9(4-7)21-11-1-2-12(22-14(18)19)10(6-20)13(11)16/h1-5,14H. The fraction of sp³-hybridized carbons (Fsp3) is 0.0714. The van der Waals surface area contributed by atoms with E-state index in [0.717, 1.165) is 12.1 Å². The van der Waals surface area contributed by atoms with Crippen LogP contribution < -0.4 is 4.74 Å². The predicted octanol–water partition coefficient (Wildman–Crippen LogP) is 6.11. The summed E-state index contributed by atoms with van der Waals surface area (Å²) in [6.07, 6.45) is 0. The van der Waals surface area contributed by atoms with E-state index in [1.807, 2.05) is 0 Å². The summed E-state index contributed by atoms with van der Waals surface area (Å²) in [5.74, 6) is -3.18. The summed E-state index contributed by atoms with van der Waals surface area (Å²) in [6, 6.07) is 7.90. The first kappa shape index (κ1) is 16.8. The van der Waals surface area contributed by atoms with Gasteiger partial charge >= 0.3 is 0 Å². The second kappa shape index (κ2) is 7.14. The highest BCUT2D eigenvalue weighted by Gasteiger charge is 2.17. The molecular weight excluding hydrogens is 358 g/mol. The molecule has 0 aliphatic carbocycles. The van der Waals surface area contributed by atoms with E-state index in [2.05, 4.69) is 0 Å². The van der Waals surface area contributed by atoms with Crippen LogP contribution in [0.2, 0.25) is 10.0 Å². The van der Waals surface area contributed by atoms with Crippen molar-refractivity contribution in [3.8, 4) is 17.6 Å². The summed E-state index contributed by atoms with van der Waals surface area (Å²) in [5, 5.41) is 9.05. The fourth-order valence-electron chi connectivity index (χ4n) is 1.63. The van der Waals surface area contributed by atoms with Crippen LogP contribution in [-0.4, -0.2) is 5.76 Å². The minimum absolute atomic E-state index is 0.0344. The summed E-state index contributed by atoms with van der Waals surface area (Å²) in [7, 11) is 0. The minimum atomic E-state index is -2.68. The molecule has 2 aromatic rings. The molecule has 0 radical (unpaired) electrons. The van der Waals surface area contributed by atoms with Gasteiger partial charge in [-0.3, -0.25) is 0 Å². The molecule has 0 unspecified atom stereocenters. The van der Waals surface area contributed by atoms with Gasteiger partial charge in [0.1, 0.15) is 28.4 Å². The maximum atomic E-state index is 13.2. The molecule has 114 valence electrons. The predicted molar refractivity (Wildman–Crippen MR) is 79.5 cm³/mol. The zero-order valence-electron chi connectivity index (χ0n) is 10.6. The molecule has 0 saturated carbocycles. The molecule has 0 aliphatic rings. The van der Waals surface area contributed by atoms with Gasteiger partial charge in [-0.1, -0.05) is 35.0 Å². The molecule has 0 amide bonds. The second-order valence-corrected chi connectivity index (χ2v) is 5.79. The first-order valence-electron chi connectivity index (χ1n) is 5.72. The van der Waals surface area contributed by atoms with Crippen LogP contribution in [0.4, 0.5) is 13.2 Å². The average molecular weight is 364 g/mol. The Bertz CT molecular complexity index is 729. The Morgan fingerprint density at radius 1 is 1.18 bits per heavy atom. The third-order valence-corrected chi connectivity index (χ3v) is 3.83. The molecular formula is C14H6Cl2F3NOS. The number of thioether (sulfide) groups is 1. The van der Waals surface area contributed by atoms with Crippen LogP contribution in [0.3, 0.4) is 0 Å². The van der Waals surface area contributed by atoms with E-state index in [1.165, 1.54) is 18.2 Å². The number of nitriles is 1. The van der Waals surface area contributed by atoms with Crippen molar-refractivity contribution in [1.82, 2.24) is 0 Å². The number of hydrogen-bond acceptors (Lipinski definition) is 3. The fourth-order valence-corrected chi connectivity index (χ4v) is 2.75. The molecule has 0 fully saturated rings. The Balaban J connectivity index is 2.38. The lowest BCUT2D eigenvalue weighted by molar-refractivity contribution is 0.252. The van der Waals surface area contributed by atoms with Crippen LogP contribution in [0.1, 0.15) is 5.56 Å². The molecule has 0 spiro atoms. The van der Waals surface area contributed by atoms with E-state index in [1.54, 1.807) is 6.07 Å². The number of rotatable bonds is 4. The Morgan fingerprint density at radius 3 is 2.50 bits per heavy atom. The van der Waals surface area contributed by atoms with Crippen molar-refractivity contribution in [2.24, 2.45) is 0 Å². The molecule has 0 bridgehead atoms. The molecule has 22 heavy (non-hydrogen) atoms. The van der Waals surface area contributed by atoms with Crippen LogP contribution in [0.25, 0.3) is 0 Å². The van der Waals surface area contributed by atoms with Crippen molar-refractivity contribution >= 4 is 35.0 Å². The Kier molecular flexibility index (Phi) is 5.46. The zero-order valence-corrected chi connectivity index (χ0v) is 12.9. The maximum Gasteiger partial charge on any atom is 0.288 e. The van der Waals surface area contributed by atoms with Gasteiger partial charge in [-0.25, -0.2) is 4.39 Å². The van der Waals surface area contributed by atoms with Crippen molar-refractivity contribution < 1.29 is 17.9 Å². The van der Waals surface area contributed by atoms with Crippen molar-refractivity contribution in [2.45, 2.75) is 10.7 Å². The van der Waals surface area contributed by atoms with Gasteiger partial charge in [0, 0.05) is 16.0 Å². The van der Waals surface area contributed by atoms with Crippen LogP contribution in [-0.2, 0) is 0 Å². The van der Waals surface area contributed by atoms with Crippen LogP contribution in [0, 0.1) is 17.1 Å². The number of benzene rings is 2. The number of halogens is 5. The van der Waals surface area contributed by atoms with Crippen molar-refractivity contribution in [3.05, 3.63) is 51.8 Å². The maximum absolute atomic E-state index is 13.2. The molecule has 2 aromatic carbocycles. The molecule has 0 saturated heterocycles. The SMILES string of the molecule is N#Cc1c(SC(F)F)ccc(Oc2cc(F)cc(Cl)c2)c1Cl. The van der Waals surface area contributed by atoms with Crippen LogP contribution in [0.5, 0.6) is 11.5 Å². The Hall–Kier alpha value is -1.55. The summed E-state index contributed by atoms with van der Waals surface area (Å²) < 4.78 is 43.5. The van der Waals surface area contributed by atoms with Gasteiger partial charge in [0.2, 0.25) is 0 Å². The highest BCUT2D eigenvalue weighted by molar-refractivity contribution is 7.99.